The molecular weight excluding hydrogens is 426 g/mol. The van der Waals surface area contributed by atoms with Gasteiger partial charge in [0.1, 0.15) is 11.8 Å². The number of allylic oxidation sites excluding steroid dienone is 1. The van der Waals surface area contributed by atoms with E-state index in [1.807, 2.05) is 43.3 Å². The summed E-state index contributed by atoms with van der Waals surface area (Å²) in [4.78, 5) is 35.7. The second-order valence-electron chi connectivity index (χ2n) is 7.06. The van der Waals surface area contributed by atoms with Crippen molar-refractivity contribution in [1.29, 1.82) is 0 Å². The molecule has 0 spiro atoms. The molecule has 0 N–H and O–H groups in total. The van der Waals surface area contributed by atoms with Crippen molar-refractivity contribution in [2.75, 3.05) is 13.2 Å². The fraction of sp³-hybridized carbons (Fsp3) is 0.250. The van der Waals surface area contributed by atoms with Crippen LogP contribution in [0.25, 0.3) is 6.08 Å². The van der Waals surface area contributed by atoms with Gasteiger partial charge in [-0.1, -0.05) is 35.6 Å². The zero-order valence-corrected chi connectivity index (χ0v) is 18.9. The van der Waals surface area contributed by atoms with Crippen LogP contribution in [-0.2, 0) is 9.53 Å². The van der Waals surface area contributed by atoms with Crippen molar-refractivity contribution < 1.29 is 14.3 Å². The Morgan fingerprint density at radius 2 is 2.00 bits per heavy atom. The predicted octanol–water partition coefficient (Wildman–Crippen LogP) is 2.59. The van der Waals surface area contributed by atoms with E-state index in [2.05, 4.69) is 9.98 Å². The van der Waals surface area contributed by atoms with Crippen molar-refractivity contribution in [1.82, 2.24) is 9.55 Å². The molecule has 0 fully saturated rings. The molecule has 7 nitrogen and oxygen atoms in total. The van der Waals surface area contributed by atoms with Gasteiger partial charge in [-0.3, -0.25) is 14.3 Å². The minimum atomic E-state index is -0.705. The van der Waals surface area contributed by atoms with Crippen LogP contribution in [0.5, 0.6) is 5.75 Å². The predicted molar refractivity (Wildman–Crippen MR) is 122 cm³/mol. The number of benzene rings is 1. The first-order valence-electron chi connectivity index (χ1n) is 10.4. The maximum absolute atomic E-state index is 13.5. The van der Waals surface area contributed by atoms with E-state index in [1.165, 1.54) is 11.3 Å². The van der Waals surface area contributed by atoms with Gasteiger partial charge in [0.2, 0.25) is 0 Å². The smallest absolute Gasteiger partial charge is 0.338 e. The van der Waals surface area contributed by atoms with E-state index >= 15 is 0 Å². The van der Waals surface area contributed by atoms with Crippen LogP contribution in [-0.4, -0.2) is 28.7 Å². The molecule has 0 bridgehead atoms. The molecule has 2 aromatic heterocycles. The topological polar surface area (TPSA) is 82.8 Å². The first-order chi connectivity index (χ1) is 15.5. The fourth-order valence-corrected chi connectivity index (χ4v) is 4.74. The summed E-state index contributed by atoms with van der Waals surface area (Å²) in [5.74, 6) is 0.116. The number of fused-ring (bicyclic) bond motifs is 1. The fourth-order valence-electron chi connectivity index (χ4n) is 3.69. The number of aromatic nitrogens is 2. The van der Waals surface area contributed by atoms with E-state index in [1.54, 1.807) is 36.9 Å². The number of para-hydroxylation sites is 1. The van der Waals surface area contributed by atoms with Gasteiger partial charge >= 0.3 is 5.97 Å². The molecular formula is C24H23N3O4S. The molecule has 3 heterocycles. The minimum Gasteiger partial charge on any atom is -0.494 e. The van der Waals surface area contributed by atoms with Crippen LogP contribution < -0.4 is 19.6 Å². The van der Waals surface area contributed by atoms with Crippen LogP contribution in [0.3, 0.4) is 0 Å². The second kappa shape index (κ2) is 9.32. The molecule has 4 rings (SSSR count). The van der Waals surface area contributed by atoms with Crippen molar-refractivity contribution in [3.8, 4) is 5.75 Å². The van der Waals surface area contributed by atoms with Gasteiger partial charge in [-0.15, -0.1) is 0 Å². The van der Waals surface area contributed by atoms with Gasteiger partial charge in [-0.25, -0.2) is 9.79 Å². The molecule has 0 amide bonds. The number of pyridine rings is 1. The average molecular weight is 450 g/mol. The average Bonchev–Trinajstić information content (AvgIpc) is 3.09. The van der Waals surface area contributed by atoms with Crippen LogP contribution in [0.4, 0.5) is 0 Å². The lowest BCUT2D eigenvalue weighted by atomic mass is 9.95. The van der Waals surface area contributed by atoms with Gasteiger partial charge in [0.05, 0.1) is 29.0 Å². The zero-order chi connectivity index (χ0) is 22.7. The Labute approximate surface area is 189 Å². The Morgan fingerprint density at radius 1 is 1.19 bits per heavy atom. The lowest BCUT2D eigenvalue weighted by molar-refractivity contribution is -0.139. The number of hydrogen-bond acceptors (Lipinski definition) is 7. The highest BCUT2D eigenvalue weighted by Crippen LogP contribution is 2.35. The van der Waals surface area contributed by atoms with E-state index < -0.39 is 12.0 Å². The quantitative estimate of drug-likeness (QED) is 0.540. The third kappa shape index (κ3) is 4.01. The molecule has 32 heavy (non-hydrogen) atoms. The van der Waals surface area contributed by atoms with E-state index in [0.717, 1.165) is 5.56 Å². The van der Waals surface area contributed by atoms with Gasteiger partial charge in [-0.05, 0) is 44.5 Å². The standard InChI is InChI=1S/C24H23N3O4S/c1-4-30-18-11-7-6-10-17(18)21-20(23(29)31-5-2)15(3)26-24-27(21)22(28)19(32-24)13-16-9-8-12-25-14-16/h6-14,21H,4-5H2,1-3H3/b19-13-/t21-/m1/s1. The summed E-state index contributed by atoms with van der Waals surface area (Å²) in [5, 5.41) is 0. The van der Waals surface area contributed by atoms with E-state index in [0.29, 0.717) is 38.5 Å². The number of rotatable bonds is 6. The number of nitrogens with zero attached hydrogens (tertiary/aromatic N) is 3. The summed E-state index contributed by atoms with van der Waals surface area (Å²) in [7, 11) is 0. The number of hydrogen-bond donors (Lipinski definition) is 0. The molecule has 0 unspecified atom stereocenters. The SMILES string of the molecule is CCOC(=O)C1=C(C)N=c2s/c(=C\c3cccnc3)c(=O)n2[C@@H]1c1ccccc1OCC. The summed E-state index contributed by atoms with van der Waals surface area (Å²) in [6.45, 7) is 6.09. The second-order valence-corrected chi connectivity index (χ2v) is 8.07. The zero-order valence-electron chi connectivity index (χ0n) is 18.1. The van der Waals surface area contributed by atoms with Crippen molar-refractivity contribution in [3.63, 3.8) is 0 Å². The van der Waals surface area contributed by atoms with Gasteiger partial charge in [0, 0.05) is 18.0 Å². The van der Waals surface area contributed by atoms with Crippen LogP contribution in [0.15, 0.2) is 69.8 Å². The molecule has 0 aliphatic carbocycles. The van der Waals surface area contributed by atoms with Crippen LogP contribution >= 0.6 is 11.3 Å². The summed E-state index contributed by atoms with van der Waals surface area (Å²) >= 11 is 1.28. The van der Waals surface area contributed by atoms with Crippen molar-refractivity contribution in [3.05, 3.63) is 90.9 Å². The lowest BCUT2D eigenvalue weighted by Crippen LogP contribution is -2.40. The van der Waals surface area contributed by atoms with E-state index in [9.17, 15) is 9.59 Å². The van der Waals surface area contributed by atoms with Crippen molar-refractivity contribution >= 4 is 23.4 Å². The lowest BCUT2D eigenvalue weighted by Gasteiger charge is -2.26. The molecule has 1 atom stereocenters. The molecule has 8 heteroatoms. The number of carbonyl (C=O) groups is 1. The van der Waals surface area contributed by atoms with E-state index in [-0.39, 0.29) is 12.2 Å². The molecule has 164 valence electrons. The number of carbonyl (C=O) groups excluding carboxylic acids is 1. The number of esters is 1. The molecule has 0 saturated carbocycles. The largest absolute Gasteiger partial charge is 0.494 e. The molecule has 3 aromatic rings. The van der Waals surface area contributed by atoms with Gasteiger partial charge in [0.15, 0.2) is 4.80 Å². The van der Waals surface area contributed by atoms with Gasteiger partial charge < -0.3 is 9.47 Å². The first-order valence-corrected chi connectivity index (χ1v) is 11.2. The highest BCUT2D eigenvalue weighted by atomic mass is 32.1. The monoisotopic (exact) mass is 449 g/mol. The maximum atomic E-state index is 13.5. The molecule has 1 aromatic carbocycles. The normalized spacial score (nSPS) is 15.8. The third-order valence-electron chi connectivity index (χ3n) is 5.01. The molecule has 1 aliphatic heterocycles. The van der Waals surface area contributed by atoms with Crippen molar-refractivity contribution in [2.45, 2.75) is 26.8 Å². The Kier molecular flexibility index (Phi) is 6.32. The summed E-state index contributed by atoms with van der Waals surface area (Å²) in [6.07, 6.45) is 5.15. The Bertz CT molecular complexity index is 1360. The first kappa shape index (κ1) is 21.7. The number of ether oxygens (including phenoxy) is 2. The van der Waals surface area contributed by atoms with Crippen LogP contribution in [0, 0.1) is 0 Å². The molecule has 0 radical (unpaired) electrons. The van der Waals surface area contributed by atoms with E-state index in [4.69, 9.17) is 9.47 Å². The Morgan fingerprint density at radius 3 is 2.72 bits per heavy atom. The minimum absolute atomic E-state index is 0.223. The Hall–Kier alpha value is -3.52. The van der Waals surface area contributed by atoms with Crippen LogP contribution in [0.1, 0.15) is 37.9 Å². The molecule has 0 saturated heterocycles. The maximum Gasteiger partial charge on any atom is 0.338 e. The van der Waals surface area contributed by atoms with Crippen LogP contribution in [0.2, 0.25) is 0 Å². The summed E-state index contributed by atoms with van der Waals surface area (Å²) in [5.41, 5.74) is 2.14. The summed E-state index contributed by atoms with van der Waals surface area (Å²) < 4.78 is 13.2. The van der Waals surface area contributed by atoms with Gasteiger partial charge in [-0.2, -0.15) is 0 Å². The number of thiazole rings is 1. The van der Waals surface area contributed by atoms with Gasteiger partial charge in [0.25, 0.3) is 5.56 Å². The summed E-state index contributed by atoms with van der Waals surface area (Å²) in [6, 6.07) is 10.4. The third-order valence-corrected chi connectivity index (χ3v) is 6.00. The molecule has 1 aliphatic rings. The highest BCUT2D eigenvalue weighted by molar-refractivity contribution is 7.07. The van der Waals surface area contributed by atoms with Crippen molar-refractivity contribution in [2.24, 2.45) is 4.99 Å². The highest BCUT2D eigenvalue weighted by Gasteiger charge is 2.34. The Balaban J connectivity index is 1.99.